The second-order valence-electron chi connectivity index (χ2n) is 6.82. The number of aromatic nitrogens is 1. The summed E-state index contributed by atoms with van der Waals surface area (Å²) in [5.41, 5.74) is 9.97. The van der Waals surface area contributed by atoms with Crippen LogP contribution in [-0.4, -0.2) is 17.2 Å². The van der Waals surface area contributed by atoms with Crippen molar-refractivity contribution in [1.29, 1.82) is 5.26 Å². The van der Waals surface area contributed by atoms with Gasteiger partial charge in [0.2, 0.25) is 0 Å². The highest BCUT2D eigenvalue weighted by atomic mass is 32.1. The molecule has 3 N–H and O–H groups in total. The number of anilines is 1. The number of nitrogens with two attached hydrogens (primary N) is 1. The Morgan fingerprint density at radius 1 is 1.26 bits per heavy atom. The number of rotatable bonds is 1. The highest BCUT2D eigenvalue weighted by Crippen LogP contribution is 2.30. The number of quaternary nitrogens is 1. The second-order valence-corrected chi connectivity index (χ2v) is 7.21. The molecule has 4 nitrogen and oxygen atoms in total. The fourth-order valence-corrected chi connectivity index (χ4v) is 3.62. The van der Waals surface area contributed by atoms with Crippen LogP contribution in [0.2, 0.25) is 0 Å². The number of nitrogens with zero attached hydrogens (tertiary/aromatic N) is 2. The maximum absolute atomic E-state index is 9.69. The number of hydrogen-bond acceptors (Lipinski definition) is 3. The van der Waals surface area contributed by atoms with Gasteiger partial charge in [-0.3, -0.25) is 4.57 Å². The van der Waals surface area contributed by atoms with E-state index in [1.54, 1.807) is 0 Å². The smallest absolute Gasteiger partial charge is 0.127 e. The van der Waals surface area contributed by atoms with Gasteiger partial charge in [0.25, 0.3) is 0 Å². The molecule has 0 saturated heterocycles. The number of hydrogen-bond donors (Lipinski definition) is 2. The van der Waals surface area contributed by atoms with Crippen LogP contribution >= 0.6 is 12.2 Å². The molecule has 0 spiro atoms. The van der Waals surface area contributed by atoms with Crippen molar-refractivity contribution in [2.75, 3.05) is 12.8 Å². The average Bonchev–Trinajstić information content (AvgIpc) is 2.51. The standard InChI is InChI=1S/C18H20N4S/c1-18(2)9-13-14(10-19)16(20)22(12-7-5-4-6-8-12)17(23)15(13)11-21(18)3/h4-8H,9,11,20H2,1-3H3/p+1. The molecule has 0 fully saturated rings. The van der Waals surface area contributed by atoms with Gasteiger partial charge >= 0.3 is 0 Å². The summed E-state index contributed by atoms with van der Waals surface area (Å²) >= 11 is 5.74. The SMILES string of the molecule is C[NH+]1Cc2c(c(C#N)c(N)n(-c3ccccc3)c2=S)CC1(C)C. The Balaban J connectivity index is 2.34. The van der Waals surface area contributed by atoms with Crippen LogP contribution in [-0.2, 0) is 13.0 Å². The number of pyridine rings is 1. The van der Waals surface area contributed by atoms with Crippen molar-refractivity contribution in [3.05, 3.63) is 51.7 Å². The van der Waals surface area contributed by atoms with Crippen LogP contribution in [0.3, 0.4) is 0 Å². The zero-order valence-electron chi connectivity index (χ0n) is 13.7. The van der Waals surface area contributed by atoms with Crippen LogP contribution < -0.4 is 10.6 Å². The molecule has 1 aliphatic rings. The van der Waals surface area contributed by atoms with Gasteiger partial charge in [-0.25, -0.2) is 0 Å². The molecule has 118 valence electrons. The third-order valence-electron chi connectivity index (χ3n) is 4.97. The fraction of sp³-hybridized carbons (Fsp3) is 0.333. The van der Waals surface area contributed by atoms with Gasteiger partial charge in [0.05, 0.1) is 18.2 Å². The number of likely N-dealkylation sites (N-methyl/N-ethyl adjacent to an activating group) is 1. The maximum atomic E-state index is 9.69. The van der Waals surface area contributed by atoms with Crippen molar-refractivity contribution in [3.63, 3.8) is 0 Å². The lowest BCUT2D eigenvalue weighted by Gasteiger charge is -2.38. The molecule has 2 aromatic rings. The Morgan fingerprint density at radius 3 is 2.52 bits per heavy atom. The Bertz CT molecular complexity index is 859. The molecule has 23 heavy (non-hydrogen) atoms. The summed E-state index contributed by atoms with van der Waals surface area (Å²) in [6, 6.07) is 12.1. The molecule has 0 bridgehead atoms. The minimum absolute atomic E-state index is 0.0613. The van der Waals surface area contributed by atoms with Crippen molar-refractivity contribution < 1.29 is 4.90 Å². The van der Waals surface area contributed by atoms with Gasteiger partial charge in [0.15, 0.2) is 0 Å². The van der Waals surface area contributed by atoms with Crippen LogP contribution in [0.5, 0.6) is 0 Å². The Labute approximate surface area is 141 Å². The van der Waals surface area contributed by atoms with Crippen LogP contribution in [0, 0.1) is 16.0 Å². The van der Waals surface area contributed by atoms with Gasteiger partial charge in [-0.15, -0.1) is 0 Å². The molecule has 0 radical (unpaired) electrons. The lowest BCUT2D eigenvalue weighted by Crippen LogP contribution is -3.16. The first kappa shape index (κ1) is 15.7. The number of nitrogens with one attached hydrogen (secondary N) is 1. The lowest BCUT2D eigenvalue weighted by atomic mass is 9.84. The summed E-state index contributed by atoms with van der Waals surface area (Å²) in [5, 5.41) is 9.69. The summed E-state index contributed by atoms with van der Waals surface area (Å²) in [5.74, 6) is 0.442. The Hall–Kier alpha value is -2.16. The summed E-state index contributed by atoms with van der Waals surface area (Å²) < 4.78 is 2.55. The largest absolute Gasteiger partial charge is 0.384 e. The van der Waals surface area contributed by atoms with E-state index in [4.69, 9.17) is 18.0 Å². The number of benzene rings is 1. The third-order valence-corrected chi connectivity index (χ3v) is 5.40. The molecular formula is C18H21N4S+. The molecule has 0 aliphatic carbocycles. The van der Waals surface area contributed by atoms with E-state index in [0.717, 1.165) is 34.4 Å². The van der Waals surface area contributed by atoms with Crippen molar-refractivity contribution in [2.45, 2.75) is 32.4 Å². The molecule has 1 aromatic heterocycles. The van der Waals surface area contributed by atoms with Crippen molar-refractivity contribution >= 4 is 18.0 Å². The second kappa shape index (κ2) is 5.48. The van der Waals surface area contributed by atoms with Gasteiger partial charge in [-0.05, 0) is 31.5 Å². The first-order chi connectivity index (χ1) is 10.9. The van der Waals surface area contributed by atoms with E-state index in [1.165, 1.54) is 4.90 Å². The van der Waals surface area contributed by atoms with Gasteiger partial charge in [-0.1, -0.05) is 30.4 Å². The summed E-state index contributed by atoms with van der Waals surface area (Å²) in [6.45, 7) is 5.23. The molecule has 3 rings (SSSR count). The number of para-hydroxylation sites is 1. The molecule has 2 heterocycles. The number of fused-ring (bicyclic) bond motifs is 1. The molecule has 1 atom stereocenters. The highest BCUT2D eigenvalue weighted by molar-refractivity contribution is 7.71. The maximum Gasteiger partial charge on any atom is 0.127 e. The molecule has 1 unspecified atom stereocenters. The van der Waals surface area contributed by atoms with Crippen molar-refractivity contribution in [3.8, 4) is 11.8 Å². The van der Waals surface area contributed by atoms with Crippen LogP contribution in [0.15, 0.2) is 30.3 Å². The van der Waals surface area contributed by atoms with Crippen LogP contribution in [0.1, 0.15) is 30.5 Å². The van der Waals surface area contributed by atoms with E-state index in [0.29, 0.717) is 11.4 Å². The molecule has 1 aliphatic heterocycles. The predicted octanol–water partition coefficient (Wildman–Crippen LogP) is 2.01. The Morgan fingerprint density at radius 2 is 1.91 bits per heavy atom. The molecule has 0 amide bonds. The van der Waals surface area contributed by atoms with E-state index >= 15 is 0 Å². The number of nitrogen functional groups attached to an aromatic ring is 1. The molecule has 1 aromatic carbocycles. The summed E-state index contributed by atoms with van der Waals surface area (Å²) in [4.78, 5) is 1.39. The monoisotopic (exact) mass is 325 g/mol. The van der Waals surface area contributed by atoms with Gasteiger partial charge in [-0.2, -0.15) is 5.26 Å². The third kappa shape index (κ3) is 2.44. The van der Waals surface area contributed by atoms with E-state index in [2.05, 4.69) is 27.0 Å². The molecule has 0 saturated carbocycles. The number of nitriles is 1. The highest BCUT2D eigenvalue weighted by Gasteiger charge is 2.37. The quantitative estimate of drug-likeness (QED) is 0.789. The summed E-state index contributed by atoms with van der Waals surface area (Å²) in [7, 11) is 2.17. The lowest BCUT2D eigenvalue weighted by molar-refractivity contribution is -0.945. The normalized spacial score (nSPS) is 19.0. The van der Waals surface area contributed by atoms with E-state index < -0.39 is 0 Å². The zero-order valence-corrected chi connectivity index (χ0v) is 14.5. The van der Waals surface area contributed by atoms with E-state index in [9.17, 15) is 5.26 Å². The topological polar surface area (TPSA) is 59.2 Å². The first-order valence-electron chi connectivity index (χ1n) is 7.71. The van der Waals surface area contributed by atoms with E-state index in [1.807, 2.05) is 34.9 Å². The fourth-order valence-electron chi connectivity index (χ4n) is 3.22. The molecule has 5 heteroatoms. The molecular weight excluding hydrogens is 304 g/mol. The van der Waals surface area contributed by atoms with Crippen LogP contribution in [0.4, 0.5) is 5.82 Å². The van der Waals surface area contributed by atoms with Gasteiger partial charge < -0.3 is 10.6 Å². The Kier molecular flexibility index (Phi) is 3.75. The van der Waals surface area contributed by atoms with E-state index in [-0.39, 0.29) is 5.54 Å². The van der Waals surface area contributed by atoms with Gasteiger partial charge in [0, 0.05) is 17.7 Å². The first-order valence-corrected chi connectivity index (χ1v) is 8.12. The van der Waals surface area contributed by atoms with Crippen LogP contribution in [0.25, 0.3) is 5.69 Å². The minimum Gasteiger partial charge on any atom is -0.384 e. The minimum atomic E-state index is 0.0613. The van der Waals surface area contributed by atoms with Crippen molar-refractivity contribution in [2.24, 2.45) is 0 Å². The van der Waals surface area contributed by atoms with Gasteiger partial charge in [0.1, 0.15) is 23.1 Å². The predicted molar refractivity (Wildman–Crippen MR) is 94.1 cm³/mol. The van der Waals surface area contributed by atoms with Crippen molar-refractivity contribution in [1.82, 2.24) is 4.57 Å². The summed E-state index contributed by atoms with van der Waals surface area (Å²) in [6.07, 6.45) is 0.806. The zero-order chi connectivity index (χ0) is 16.8. The average molecular weight is 325 g/mol.